The highest BCUT2D eigenvalue weighted by Crippen LogP contribution is 2.45. The molecule has 8 nitrogen and oxygen atoms in total. The van der Waals surface area contributed by atoms with E-state index < -0.39 is 23.5 Å². The van der Waals surface area contributed by atoms with E-state index in [2.05, 4.69) is 15.2 Å². The third-order valence-electron chi connectivity index (χ3n) is 5.63. The molecule has 0 spiro atoms. The van der Waals surface area contributed by atoms with Crippen molar-refractivity contribution in [2.24, 2.45) is 0 Å². The number of anilines is 1. The van der Waals surface area contributed by atoms with Crippen molar-refractivity contribution in [2.75, 3.05) is 4.90 Å². The number of benzene rings is 2. The highest BCUT2D eigenvalue weighted by molar-refractivity contribution is 8.00. The molecular weight excluding hydrogens is 535 g/mol. The molecule has 0 aliphatic carbocycles. The number of ketones is 1. The van der Waals surface area contributed by atoms with Crippen LogP contribution in [0, 0.1) is 19.7 Å². The van der Waals surface area contributed by atoms with Crippen molar-refractivity contribution in [3.8, 4) is 5.75 Å². The standard InChI is InChI=1S/C25H19FN4O4S3/c1-12-22(36-13(2)27-12)20(32)18-19(15-4-3-5-17(31)10-15)30(23(34)21(18)33)24-28-29-25(37-24)35-11-14-6-8-16(26)9-7-14/h3-10,19,31,33H,11H2,1-2H3. The summed E-state index contributed by atoms with van der Waals surface area (Å²) in [6, 6.07) is 11.2. The van der Waals surface area contributed by atoms with Gasteiger partial charge in [-0.15, -0.1) is 21.5 Å². The molecule has 1 amide bonds. The number of phenolic OH excluding ortho intramolecular Hbond substituents is 1. The average molecular weight is 555 g/mol. The number of aliphatic hydroxyl groups is 1. The molecule has 0 saturated carbocycles. The Balaban J connectivity index is 1.51. The summed E-state index contributed by atoms with van der Waals surface area (Å²) in [7, 11) is 0. The quantitative estimate of drug-likeness (QED) is 0.174. The van der Waals surface area contributed by atoms with Crippen LogP contribution in [0.3, 0.4) is 0 Å². The Labute approximate surface area is 223 Å². The molecule has 2 aromatic heterocycles. The van der Waals surface area contributed by atoms with Gasteiger partial charge in [0.15, 0.2) is 10.1 Å². The smallest absolute Gasteiger partial charge is 0.296 e. The average Bonchev–Trinajstić information content (AvgIpc) is 3.54. The second-order valence-corrected chi connectivity index (χ2v) is 11.6. The molecule has 12 heteroatoms. The third kappa shape index (κ3) is 4.87. The van der Waals surface area contributed by atoms with Gasteiger partial charge >= 0.3 is 0 Å². The number of rotatable bonds is 7. The van der Waals surface area contributed by atoms with Gasteiger partial charge in [0.1, 0.15) is 11.6 Å². The van der Waals surface area contributed by atoms with E-state index in [1.54, 1.807) is 38.1 Å². The Hall–Kier alpha value is -3.61. The summed E-state index contributed by atoms with van der Waals surface area (Å²) < 4.78 is 13.7. The van der Waals surface area contributed by atoms with E-state index in [1.807, 2.05) is 0 Å². The highest BCUT2D eigenvalue weighted by Gasteiger charge is 2.46. The van der Waals surface area contributed by atoms with E-state index in [9.17, 15) is 24.2 Å². The number of nitrogens with zero attached hydrogens (tertiary/aromatic N) is 4. The Morgan fingerprint density at radius 3 is 2.54 bits per heavy atom. The van der Waals surface area contributed by atoms with Gasteiger partial charge < -0.3 is 10.2 Å². The minimum absolute atomic E-state index is 0.0549. The SMILES string of the molecule is Cc1nc(C)c(C(=O)C2=C(O)C(=O)N(c3nnc(SCc4ccc(F)cc4)s3)C2c2cccc(O)c2)s1. The van der Waals surface area contributed by atoms with Gasteiger partial charge in [0.25, 0.3) is 5.91 Å². The molecule has 1 aliphatic heterocycles. The van der Waals surface area contributed by atoms with Crippen LogP contribution in [0.2, 0.25) is 0 Å². The van der Waals surface area contributed by atoms with Crippen molar-refractivity contribution in [1.29, 1.82) is 0 Å². The number of aliphatic hydroxyl groups excluding tert-OH is 1. The Bertz CT molecular complexity index is 1550. The zero-order valence-corrected chi connectivity index (χ0v) is 22.0. The van der Waals surface area contributed by atoms with E-state index in [0.29, 0.717) is 31.2 Å². The van der Waals surface area contributed by atoms with Crippen LogP contribution in [0.15, 0.2) is 64.2 Å². The van der Waals surface area contributed by atoms with Crippen molar-refractivity contribution in [1.82, 2.24) is 15.2 Å². The van der Waals surface area contributed by atoms with Crippen LogP contribution in [0.25, 0.3) is 0 Å². The zero-order chi connectivity index (χ0) is 26.3. The monoisotopic (exact) mass is 554 g/mol. The topological polar surface area (TPSA) is 117 Å². The number of hydrogen-bond acceptors (Lipinski definition) is 10. The third-order valence-corrected chi connectivity index (χ3v) is 8.82. The second-order valence-electron chi connectivity index (χ2n) is 8.18. The fourth-order valence-electron chi connectivity index (χ4n) is 3.99. The molecule has 0 radical (unpaired) electrons. The predicted molar refractivity (Wildman–Crippen MR) is 140 cm³/mol. The lowest BCUT2D eigenvalue weighted by Gasteiger charge is -2.24. The number of hydrogen-bond donors (Lipinski definition) is 2. The summed E-state index contributed by atoms with van der Waals surface area (Å²) in [4.78, 5) is 32.8. The zero-order valence-electron chi connectivity index (χ0n) is 19.5. The number of aromatic nitrogens is 3. The van der Waals surface area contributed by atoms with Gasteiger partial charge in [0.05, 0.1) is 27.2 Å². The fourth-order valence-corrected chi connectivity index (χ4v) is 6.69. The largest absolute Gasteiger partial charge is 0.508 e. The van der Waals surface area contributed by atoms with E-state index in [-0.39, 0.29) is 22.3 Å². The second kappa shape index (κ2) is 10.0. The molecule has 1 aliphatic rings. The Morgan fingerprint density at radius 2 is 1.86 bits per heavy atom. The number of Topliss-reactive ketones (excluding diaryl/α,β-unsaturated/α-hetero) is 1. The van der Waals surface area contributed by atoms with Gasteiger partial charge in [0, 0.05) is 5.75 Å². The Kier molecular flexibility index (Phi) is 6.80. The summed E-state index contributed by atoms with van der Waals surface area (Å²) in [5.74, 6) is -1.85. The van der Waals surface area contributed by atoms with Gasteiger partial charge in [-0.25, -0.2) is 9.37 Å². The minimum atomic E-state index is -1.03. The number of aromatic hydroxyl groups is 1. The van der Waals surface area contributed by atoms with Crippen LogP contribution in [-0.2, 0) is 10.5 Å². The van der Waals surface area contributed by atoms with Crippen molar-refractivity contribution < 1.29 is 24.2 Å². The molecule has 1 unspecified atom stereocenters. The highest BCUT2D eigenvalue weighted by atomic mass is 32.2. The fraction of sp³-hybridized carbons (Fsp3) is 0.160. The van der Waals surface area contributed by atoms with Crippen LogP contribution in [0.5, 0.6) is 5.75 Å². The lowest BCUT2D eigenvalue weighted by molar-refractivity contribution is -0.117. The number of carbonyl (C=O) groups is 2. The summed E-state index contributed by atoms with van der Waals surface area (Å²) in [6.07, 6.45) is 0. The van der Waals surface area contributed by atoms with Gasteiger partial charge in [-0.05, 0) is 49.2 Å². The summed E-state index contributed by atoms with van der Waals surface area (Å²) in [5, 5.41) is 30.2. The lowest BCUT2D eigenvalue weighted by Crippen LogP contribution is -2.31. The molecule has 2 aromatic carbocycles. The van der Waals surface area contributed by atoms with Crippen molar-refractivity contribution in [2.45, 2.75) is 30.0 Å². The number of thioether (sulfide) groups is 1. The molecule has 3 heterocycles. The number of aryl methyl sites for hydroxylation is 2. The number of phenols is 1. The normalized spacial score (nSPS) is 15.6. The molecule has 0 bridgehead atoms. The lowest BCUT2D eigenvalue weighted by atomic mass is 9.95. The molecule has 5 rings (SSSR count). The van der Waals surface area contributed by atoms with Crippen LogP contribution in [-0.4, -0.2) is 37.1 Å². The van der Waals surface area contributed by atoms with Crippen molar-refractivity contribution in [3.05, 3.63) is 92.4 Å². The number of carbonyl (C=O) groups excluding carboxylic acids is 2. The maximum absolute atomic E-state index is 13.6. The van der Waals surface area contributed by atoms with E-state index in [4.69, 9.17) is 0 Å². The van der Waals surface area contributed by atoms with Crippen LogP contribution >= 0.6 is 34.4 Å². The van der Waals surface area contributed by atoms with Crippen molar-refractivity contribution >= 4 is 51.3 Å². The number of amides is 1. The van der Waals surface area contributed by atoms with E-state index in [0.717, 1.165) is 16.9 Å². The first-order chi connectivity index (χ1) is 17.7. The molecular formula is C25H19FN4O4S3. The molecule has 0 fully saturated rings. The van der Waals surface area contributed by atoms with Crippen LogP contribution in [0.1, 0.15) is 37.5 Å². The Morgan fingerprint density at radius 1 is 1.11 bits per heavy atom. The molecule has 4 aromatic rings. The van der Waals surface area contributed by atoms with Crippen LogP contribution < -0.4 is 4.90 Å². The first-order valence-corrected chi connectivity index (χ1v) is 13.6. The predicted octanol–water partition coefficient (Wildman–Crippen LogP) is 5.53. The number of thiazole rings is 1. The number of halogens is 1. The van der Waals surface area contributed by atoms with Crippen molar-refractivity contribution in [3.63, 3.8) is 0 Å². The molecule has 0 saturated heterocycles. The first kappa shape index (κ1) is 25.1. The maximum Gasteiger partial charge on any atom is 0.296 e. The van der Waals surface area contributed by atoms with E-state index >= 15 is 0 Å². The molecule has 37 heavy (non-hydrogen) atoms. The van der Waals surface area contributed by atoms with Gasteiger partial charge in [-0.1, -0.05) is 47.4 Å². The van der Waals surface area contributed by atoms with Gasteiger partial charge in [0.2, 0.25) is 10.9 Å². The molecule has 188 valence electrons. The maximum atomic E-state index is 13.6. The summed E-state index contributed by atoms with van der Waals surface area (Å²) >= 11 is 3.67. The molecule has 2 N–H and O–H groups in total. The molecule has 1 atom stereocenters. The minimum Gasteiger partial charge on any atom is -0.508 e. The van der Waals surface area contributed by atoms with Gasteiger partial charge in [-0.3, -0.25) is 14.5 Å². The van der Waals surface area contributed by atoms with Gasteiger partial charge in [-0.2, -0.15) is 0 Å². The van der Waals surface area contributed by atoms with Crippen LogP contribution in [0.4, 0.5) is 9.52 Å². The van der Waals surface area contributed by atoms with E-state index in [1.165, 1.54) is 52.3 Å². The first-order valence-electron chi connectivity index (χ1n) is 11.0. The summed E-state index contributed by atoms with van der Waals surface area (Å²) in [5.41, 5.74) is 1.71. The summed E-state index contributed by atoms with van der Waals surface area (Å²) in [6.45, 7) is 3.47.